The van der Waals surface area contributed by atoms with Crippen molar-refractivity contribution in [1.82, 2.24) is 10.3 Å². The first-order valence-electron chi connectivity index (χ1n) is 6.66. The van der Waals surface area contributed by atoms with Crippen LogP contribution >= 0.6 is 23.2 Å². The van der Waals surface area contributed by atoms with E-state index in [2.05, 4.69) is 31.1 Å². The van der Waals surface area contributed by atoms with Crippen LogP contribution in [-0.2, 0) is 6.54 Å². The van der Waals surface area contributed by atoms with Gasteiger partial charge in [0, 0.05) is 34.4 Å². The molecule has 0 spiro atoms. The molecule has 2 aromatic rings. The van der Waals surface area contributed by atoms with E-state index in [0.29, 0.717) is 21.7 Å². The Kier molecular flexibility index (Phi) is 5.09. The van der Waals surface area contributed by atoms with E-state index in [-0.39, 0.29) is 5.54 Å². The number of rotatable bonds is 4. The number of ether oxygens (including phenoxy) is 1. The van der Waals surface area contributed by atoms with Gasteiger partial charge in [-0.15, -0.1) is 0 Å². The van der Waals surface area contributed by atoms with Crippen LogP contribution in [0.3, 0.4) is 0 Å². The molecule has 0 radical (unpaired) electrons. The molecule has 1 aromatic heterocycles. The summed E-state index contributed by atoms with van der Waals surface area (Å²) in [6.07, 6.45) is 1.79. The monoisotopic (exact) mass is 324 g/mol. The van der Waals surface area contributed by atoms with E-state index in [1.165, 1.54) is 0 Å². The van der Waals surface area contributed by atoms with Crippen LogP contribution in [0, 0.1) is 0 Å². The van der Waals surface area contributed by atoms with Gasteiger partial charge in [0.25, 0.3) is 0 Å². The van der Waals surface area contributed by atoms with Crippen LogP contribution in [0.2, 0.25) is 10.0 Å². The maximum Gasteiger partial charge on any atom is 0.219 e. The molecule has 0 saturated heterocycles. The highest BCUT2D eigenvalue weighted by Crippen LogP contribution is 2.27. The Balaban J connectivity index is 2.02. The molecule has 1 heterocycles. The van der Waals surface area contributed by atoms with E-state index in [4.69, 9.17) is 27.9 Å². The Labute approximate surface area is 135 Å². The second-order valence-electron chi connectivity index (χ2n) is 5.82. The van der Waals surface area contributed by atoms with Crippen LogP contribution in [0.15, 0.2) is 36.5 Å². The molecule has 3 nitrogen and oxygen atoms in total. The lowest BCUT2D eigenvalue weighted by molar-refractivity contribution is 0.423. The quantitative estimate of drug-likeness (QED) is 0.852. The summed E-state index contributed by atoms with van der Waals surface area (Å²) in [5.74, 6) is 1.08. The highest BCUT2D eigenvalue weighted by atomic mass is 35.5. The van der Waals surface area contributed by atoms with Crippen LogP contribution in [-0.4, -0.2) is 10.5 Å². The van der Waals surface area contributed by atoms with Gasteiger partial charge in [0.05, 0.1) is 0 Å². The standard InChI is InChI=1S/C16H18Cl2N2O/c1-16(2,3)20-10-11-4-5-15(19-9-11)21-14-7-12(17)6-13(18)8-14/h4-9,20H,10H2,1-3H3. The highest BCUT2D eigenvalue weighted by Gasteiger charge is 2.08. The van der Waals surface area contributed by atoms with E-state index < -0.39 is 0 Å². The Hall–Kier alpha value is -1.29. The zero-order valence-corrected chi connectivity index (χ0v) is 13.8. The van der Waals surface area contributed by atoms with Crippen molar-refractivity contribution in [3.63, 3.8) is 0 Å². The fourth-order valence-corrected chi connectivity index (χ4v) is 2.16. The zero-order chi connectivity index (χ0) is 15.5. The van der Waals surface area contributed by atoms with E-state index >= 15 is 0 Å². The van der Waals surface area contributed by atoms with Crippen LogP contribution in [0.1, 0.15) is 26.3 Å². The first-order valence-corrected chi connectivity index (χ1v) is 7.41. The molecule has 1 aromatic carbocycles. The van der Waals surface area contributed by atoms with Crippen LogP contribution < -0.4 is 10.1 Å². The van der Waals surface area contributed by atoms with Crippen molar-refractivity contribution in [1.29, 1.82) is 0 Å². The SMILES string of the molecule is CC(C)(C)NCc1ccc(Oc2cc(Cl)cc(Cl)c2)nc1. The predicted octanol–water partition coefficient (Wildman–Crippen LogP) is 5.07. The molecule has 0 bridgehead atoms. The molecule has 0 unspecified atom stereocenters. The highest BCUT2D eigenvalue weighted by molar-refractivity contribution is 6.34. The topological polar surface area (TPSA) is 34.1 Å². The number of pyridine rings is 1. The minimum Gasteiger partial charge on any atom is -0.439 e. The first-order chi connectivity index (χ1) is 9.82. The fourth-order valence-electron chi connectivity index (χ4n) is 1.65. The molecular weight excluding hydrogens is 307 g/mol. The van der Waals surface area contributed by atoms with Crippen molar-refractivity contribution in [2.75, 3.05) is 0 Å². The van der Waals surface area contributed by atoms with Gasteiger partial charge in [-0.25, -0.2) is 4.98 Å². The number of benzene rings is 1. The zero-order valence-electron chi connectivity index (χ0n) is 12.3. The number of aromatic nitrogens is 1. The molecule has 0 aliphatic rings. The van der Waals surface area contributed by atoms with Gasteiger partial charge in [-0.3, -0.25) is 0 Å². The van der Waals surface area contributed by atoms with Crippen LogP contribution in [0.5, 0.6) is 11.6 Å². The summed E-state index contributed by atoms with van der Waals surface area (Å²) in [4.78, 5) is 4.29. The average Bonchev–Trinajstić information content (AvgIpc) is 2.36. The lowest BCUT2D eigenvalue weighted by Gasteiger charge is -2.20. The van der Waals surface area contributed by atoms with Gasteiger partial charge in [-0.05, 0) is 44.5 Å². The number of halogens is 2. The molecule has 21 heavy (non-hydrogen) atoms. The second-order valence-corrected chi connectivity index (χ2v) is 6.69. The molecular formula is C16H18Cl2N2O. The third-order valence-corrected chi connectivity index (χ3v) is 3.12. The lowest BCUT2D eigenvalue weighted by Crippen LogP contribution is -2.35. The number of nitrogens with zero attached hydrogens (tertiary/aromatic N) is 1. The Morgan fingerprint density at radius 2 is 1.76 bits per heavy atom. The van der Waals surface area contributed by atoms with Crippen molar-refractivity contribution in [2.24, 2.45) is 0 Å². The van der Waals surface area contributed by atoms with Gasteiger partial charge < -0.3 is 10.1 Å². The minimum absolute atomic E-state index is 0.0761. The molecule has 0 aliphatic carbocycles. The lowest BCUT2D eigenvalue weighted by atomic mass is 10.1. The van der Waals surface area contributed by atoms with E-state index in [9.17, 15) is 0 Å². The smallest absolute Gasteiger partial charge is 0.219 e. The molecule has 5 heteroatoms. The molecule has 0 amide bonds. The summed E-state index contributed by atoms with van der Waals surface area (Å²) in [5.41, 5.74) is 1.17. The summed E-state index contributed by atoms with van der Waals surface area (Å²) in [6, 6.07) is 8.86. The average molecular weight is 325 g/mol. The summed E-state index contributed by atoms with van der Waals surface area (Å²) in [7, 11) is 0. The van der Waals surface area contributed by atoms with Crippen LogP contribution in [0.4, 0.5) is 0 Å². The third-order valence-electron chi connectivity index (χ3n) is 2.68. The minimum atomic E-state index is 0.0761. The molecule has 0 saturated carbocycles. The molecule has 0 atom stereocenters. The van der Waals surface area contributed by atoms with Crippen molar-refractivity contribution in [3.8, 4) is 11.6 Å². The maximum atomic E-state index is 5.93. The molecule has 0 aliphatic heterocycles. The van der Waals surface area contributed by atoms with E-state index in [0.717, 1.165) is 12.1 Å². The number of nitrogens with one attached hydrogen (secondary N) is 1. The first kappa shape index (κ1) is 16.1. The third kappa shape index (κ3) is 5.54. The summed E-state index contributed by atoms with van der Waals surface area (Å²) in [5, 5.41) is 4.47. The van der Waals surface area contributed by atoms with Gasteiger partial charge >= 0.3 is 0 Å². The molecule has 112 valence electrons. The maximum absolute atomic E-state index is 5.93. The number of hydrogen-bond donors (Lipinski definition) is 1. The Morgan fingerprint density at radius 1 is 1.10 bits per heavy atom. The summed E-state index contributed by atoms with van der Waals surface area (Å²) in [6.45, 7) is 7.14. The van der Waals surface area contributed by atoms with Crippen LogP contribution in [0.25, 0.3) is 0 Å². The van der Waals surface area contributed by atoms with Crippen molar-refractivity contribution in [2.45, 2.75) is 32.9 Å². The van der Waals surface area contributed by atoms with Crippen molar-refractivity contribution in [3.05, 3.63) is 52.1 Å². The predicted molar refractivity (Wildman–Crippen MR) is 87.4 cm³/mol. The summed E-state index contributed by atoms with van der Waals surface area (Å²) < 4.78 is 5.64. The molecule has 0 fully saturated rings. The van der Waals surface area contributed by atoms with Gasteiger partial charge in [0.2, 0.25) is 5.88 Å². The van der Waals surface area contributed by atoms with Gasteiger partial charge in [-0.2, -0.15) is 0 Å². The van der Waals surface area contributed by atoms with E-state index in [1.807, 2.05) is 12.1 Å². The summed E-state index contributed by atoms with van der Waals surface area (Å²) >= 11 is 11.9. The Morgan fingerprint density at radius 3 is 2.29 bits per heavy atom. The Bertz CT molecular complexity index is 586. The van der Waals surface area contributed by atoms with E-state index in [1.54, 1.807) is 24.4 Å². The fraction of sp³-hybridized carbons (Fsp3) is 0.312. The number of hydrogen-bond acceptors (Lipinski definition) is 3. The van der Waals surface area contributed by atoms with Gasteiger partial charge in [-0.1, -0.05) is 29.3 Å². The van der Waals surface area contributed by atoms with Gasteiger partial charge in [0.1, 0.15) is 5.75 Å². The van der Waals surface area contributed by atoms with Crippen molar-refractivity contribution >= 4 is 23.2 Å². The van der Waals surface area contributed by atoms with Gasteiger partial charge in [0.15, 0.2) is 0 Å². The normalized spacial score (nSPS) is 11.5. The largest absolute Gasteiger partial charge is 0.439 e. The van der Waals surface area contributed by atoms with Crippen molar-refractivity contribution < 1.29 is 4.74 Å². The second kappa shape index (κ2) is 6.65. The molecule has 2 rings (SSSR count). The molecule has 1 N–H and O–H groups in total.